The minimum absolute atomic E-state index is 0.445. The van der Waals surface area contributed by atoms with Crippen LogP contribution in [0.4, 0.5) is 0 Å². The first-order chi connectivity index (χ1) is 8.02. The molecule has 1 aromatic carbocycles. The second kappa shape index (κ2) is 4.77. The van der Waals surface area contributed by atoms with Gasteiger partial charge >= 0.3 is 0 Å². The van der Waals surface area contributed by atoms with Crippen LogP contribution in [0, 0.1) is 20.8 Å². The van der Waals surface area contributed by atoms with Crippen molar-refractivity contribution in [2.75, 3.05) is 0 Å². The molecule has 0 amide bonds. The second-order valence-electron chi connectivity index (χ2n) is 4.21. The van der Waals surface area contributed by atoms with Crippen LogP contribution in [-0.2, 0) is 6.54 Å². The van der Waals surface area contributed by atoms with Gasteiger partial charge in [0.1, 0.15) is 10.2 Å². The van der Waals surface area contributed by atoms with Gasteiger partial charge in [-0.3, -0.25) is 0 Å². The Morgan fingerprint density at radius 1 is 1.24 bits per heavy atom. The topological polar surface area (TPSA) is 38.9 Å². The molecule has 2 nitrogen and oxygen atoms in total. The van der Waals surface area contributed by atoms with E-state index in [9.17, 15) is 0 Å². The van der Waals surface area contributed by atoms with Gasteiger partial charge in [-0.05, 0) is 31.9 Å². The molecule has 0 bridgehead atoms. The first-order valence-electron chi connectivity index (χ1n) is 5.46. The van der Waals surface area contributed by atoms with Gasteiger partial charge in [-0.2, -0.15) is 0 Å². The number of aryl methyl sites for hydroxylation is 3. The van der Waals surface area contributed by atoms with E-state index < -0.39 is 0 Å². The van der Waals surface area contributed by atoms with Gasteiger partial charge < -0.3 is 5.73 Å². The van der Waals surface area contributed by atoms with E-state index in [1.54, 1.807) is 11.3 Å². The summed E-state index contributed by atoms with van der Waals surface area (Å²) in [6, 6.07) is 4.33. The number of halogens is 1. The Kier molecular flexibility index (Phi) is 3.52. The summed E-state index contributed by atoms with van der Waals surface area (Å²) in [6.07, 6.45) is 0. The van der Waals surface area contributed by atoms with E-state index in [0.29, 0.717) is 11.7 Å². The van der Waals surface area contributed by atoms with Crippen LogP contribution >= 0.6 is 22.9 Å². The molecule has 1 heterocycles. The summed E-state index contributed by atoms with van der Waals surface area (Å²) in [5, 5.41) is 1.50. The zero-order chi connectivity index (χ0) is 12.6. The number of aromatic nitrogens is 1. The lowest BCUT2D eigenvalue weighted by Crippen LogP contribution is -1.92. The number of benzene rings is 1. The van der Waals surface area contributed by atoms with Crippen molar-refractivity contribution in [3.05, 3.63) is 38.9 Å². The molecule has 2 N–H and O–H groups in total. The zero-order valence-electron chi connectivity index (χ0n) is 10.2. The molecule has 0 aliphatic carbocycles. The maximum Gasteiger partial charge on any atom is 0.145 e. The van der Waals surface area contributed by atoms with E-state index in [-0.39, 0.29) is 0 Å². The molecule has 0 saturated heterocycles. The maximum atomic E-state index is 6.05. The number of hydrogen-bond acceptors (Lipinski definition) is 3. The van der Waals surface area contributed by atoms with Crippen LogP contribution in [0.5, 0.6) is 0 Å². The van der Waals surface area contributed by atoms with Crippen molar-refractivity contribution in [3.63, 3.8) is 0 Å². The molecule has 0 atom stereocenters. The SMILES string of the molecule is Cc1cc(C)c(-c2nc(Cl)c(CN)s2)c(C)c1. The van der Waals surface area contributed by atoms with Crippen molar-refractivity contribution in [2.24, 2.45) is 5.73 Å². The van der Waals surface area contributed by atoms with E-state index in [4.69, 9.17) is 17.3 Å². The van der Waals surface area contributed by atoms with Gasteiger partial charge in [-0.25, -0.2) is 4.98 Å². The van der Waals surface area contributed by atoms with Crippen LogP contribution in [0.15, 0.2) is 12.1 Å². The molecule has 0 spiro atoms. The third kappa shape index (κ3) is 2.37. The highest BCUT2D eigenvalue weighted by molar-refractivity contribution is 7.15. The fourth-order valence-corrected chi connectivity index (χ4v) is 3.42. The highest BCUT2D eigenvalue weighted by atomic mass is 35.5. The fraction of sp³-hybridized carbons (Fsp3) is 0.308. The molecule has 1 aromatic heterocycles. The van der Waals surface area contributed by atoms with Crippen molar-refractivity contribution in [1.29, 1.82) is 0 Å². The molecule has 0 unspecified atom stereocenters. The van der Waals surface area contributed by atoms with Crippen molar-refractivity contribution in [1.82, 2.24) is 4.98 Å². The zero-order valence-corrected chi connectivity index (χ0v) is 11.7. The van der Waals surface area contributed by atoms with Crippen molar-refractivity contribution < 1.29 is 0 Å². The first kappa shape index (κ1) is 12.6. The number of nitrogens with zero attached hydrogens (tertiary/aromatic N) is 1. The van der Waals surface area contributed by atoms with Gasteiger partial charge in [0.25, 0.3) is 0 Å². The lowest BCUT2D eigenvalue weighted by atomic mass is 10.0. The summed E-state index contributed by atoms with van der Waals surface area (Å²) in [6.45, 7) is 6.75. The van der Waals surface area contributed by atoms with Gasteiger partial charge in [0.15, 0.2) is 0 Å². The molecule has 0 saturated carbocycles. The normalized spacial score (nSPS) is 10.9. The smallest absolute Gasteiger partial charge is 0.145 e. The van der Waals surface area contributed by atoms with Crippen molar-refractivity contribution >= 4 is 22.9 Å². The highest BCUT2D eigenvalue weighted by Crippen LogP contribution is 2.34. The van der Waals surface area contributed by atoms with Gasteiger partial charge in [-0.1, -0.05) is 29.3 Å². The van der Waals surface area contributed by atoms with Gasteiger partial charge in [-0.15, -0.1) is 11.3 Å². The van der Waals surface area contributed by atoms with Crippen LogP contribution in [0.1, 0.15) is 21.6 Å². The minimum Gasteiger partial charge on any atom is -0.326 e. The summed E-state index contributed by atoms with van der Waals surface area (Å²) in [5.74, 6) is 0. The Hall–Kier alpha value is -0.900. The Morgan fingerprint density at radius 2 is 1.82 bits per heavy atom. The van der Waals surface area contributed by atoms with Crippen LogP contribution in [0.2, 0.25) is 5.15 Å². The van der Waals surface area contributed by atoms with E-state index in [1.807, 2.05) is 0 Å². The predicted molar refractivity (Wildman–Crippen MR) is 74.7 cm³/mol. The highest BCUT2D eigenvalue weighted by Gasteiger charge is 2.13. The number of nitrogens with two attached hydrogens (primary N) is 1. The van der Waals surface area contributed by atoms with Gasteiger partial charge in [0, 0.05) is 12.1 Å². The largest absolute Gasteiger partial charge is 0.326 e. The molecule has 2 aromatic rings. The molecule has 90 valence electrons. The van der Waals surface area contributed by atoms with E-state index >= 15 is 0 Å². The third-order valence-electron chi connectivity index (χ3n) is 2.73. The fourth-order valence-electron chi connectivity index (χ4n) is 2.08. The number of rotatable bonds is 2. The molecule has 0 aliphatic heterocycles. The first-order valence-corrected chi connectivity index (χ1v) is 6.66. The molecule has 2 rings (SSSR count). The Balaban J connectivity index is 2.60. The number of hydrogen-bond donors (Lipinski definition) is 1. The molecule has 0 aliphatic rings. The molecular weight excluding hydrogens is 252 g/mol. The van der Waals surface area contributed by atoms with Crippen molar-refractivity contribution in [2.45, 2.75) is 27.3 Å². The standard InChI is InChI=1S/C13H15ClN2S/c1-7-4-8(2)11(9(3)5-7)13-16-12(14)10(6-15)17-13/h4-5H,6,15H2,1-3H3. The third-order valence-corrected chi connectivity index (χ3v) is 4.25. The van der Waals surface area contributed by atoms with Crippen LogP contribution in [0.25, 0.3) is 10.6 Å². The Labute approximate surface area is 110 Å². The van der Waals surface area contributed by atoms with Crippen LogP contribution in [0.3, 0.4) is 0 Å². The predicted octanol–water partition coefficient (Wildman–Crippen LogP) is 3.85. The Bertz CT molecular complexity index is 538. The summed E-state index contributed by atoms with van der Waals surface area (Å²) in [4.78, 5) is 5.35. The van der Waals surface area contributed by atoms with Crippen molar-refractivity contribution in [3.8, 4) is 10.6 Å². The van der Waals surface area contributed by atoms with E-state index in [0.717, 1.165) is 9.88 Å². The van der Waals surface area contributed by atoms with Gasteiger partial charge in [0.2, 0.25) is 0 Å². The Morgan fingerprint density at radius 3 is 2.29 bits per heavy atom. The van der Waals surface area contributed by atoms with E-state index in [1.165, 1.54) is 22.3 Å². The minimum atomic E-state index is 0.445. The lowest BCUT2D eigenvalue weighted by Gasteiger charge is -2.08. The van der Waals surface area contributed by atoms with Crippen LogP contribution < -0.4 is 5.73 Å². The summed E-state index contributed by atoms with van der Waals surface area (Å²) in [7, 11) is 0. The second-order valence-corrected chi connectivity index (χ2v) is 5.65. The van der Waals surface area contributed by atoms with E-state index in [2.05, 4.69) is 37.9 Å². The molecule has 0 fully saturated rings. The average Bonchev–Trinajstić information content (AvgIpc) is 2.57. The lowest BCUT2D eigenvalue weighted by molar-refractivity contribution is 1.10. The molecule has 4 heteroatoms. The quantitative estimate of drug-likeness (QED) is 0.897. The molecular formula is C13H15ClN2S. The summed E-state index contributed by atoms with van der Waals surface area (Å²) >= 11 is 7.63. The molecule has 17 heavy (non-hydrogen) atoms. The van der Waals surface area contributed by atoms with Gasteiger partial charge in [0.05, 0.1) is 4.88 Å². The summed E-state index contributed by atoms with van der Waals surface area (Å²) < 4.78 is 0. The summed E-state index contributed by atoms with van der Waals surface area (Å²) in [5.41, 5.74) is 10.5. The number of thiazole rings is 1. The monoisotopic (exact) mass is 266 g/mol. The van der Waals surface area contributed by atoms with Crippen LogP contribution in [-0.4, -0.2) is 4.98 Å². The maximum absolute atomic E-state index is 6.05. The molecule has 0 radical (unpaired) electrons. The average molecular weight is 267 g/mol.